The smallest absolute Gasteiger partial charge is 0.326 e. The van der Waals surface area contributed by atoms with Gasteiger partial charge in [-0.1, -0.05) is 74.5 Å². The SMILES string of the molecule is CC(C)C[C@H](NC(=O)[C@H](Cc1ccccc1)NC(=O)[C@H](CCC(=O)O)NC(=O)[C@@H](NC(=O)[C@@H](N)CO)[C@@H](C)O)C(=O)N[C@@H](CO)C(=O)N[C@@H](Cc1ccccc1)C(=O)N[C@@H](CCC(N)=O)C(=O)N[C@@H](CC(=O)O)C(=O)O. The molecule has 0 aliphatic heterocycles. The first-order chi connectivity index (χ1) is 35.8. The van der Waals surface area contributed by atoms with Gasteiger partial charge in [-0.25, -0.2) is 4.79 Å². The molecule has 0 fully saturated rings. The lowest BCUT2D eigenvalue weighted by atomic mass is 10.00. The monoisotopic (exact) mass is 1070 g/mol. The maximum atomic E-state index is 14.3. The minimum Gasteiger partial charge on any atom is -0.481 e. The van der Waals surface area contributed by atoms with Crippen LogP contribution in [0.15, 0.2) is 60.7 Å². The summed E-state index contributed by atoms with van der Waals surface area (Å²) in [4.78, 5) is 155. The third-order valence-corrected chi connectivity index (χ3v) is 11.2. The average molecular weight is 1070 g/mol. The van der Waals surface area contributed by atoms with Gasteiger partial charge in [0.2, 0.25) is 53.2 Å². The summed E-state index contributed by atoms with van der Waals surface area (Å²) >= 11 is 0. The van der Waals surface area contributed by atoms with Gasteiger partial charge in [-0.05, 0) is 43.2 Å². The summed E-state index contributed by atoms with van der Waals surface area (Å²) in [5, 5.41) is 76.6. The third-order valence-electron chi connectivity index (χ3n) is 11.2. The van der Waals surface area contributed by atoms with Crippen LogP contribution in [0.5, 0.6) is 0 Å². The summed E-state index contributed by atoms with van der Waals surface area (Å²) in [7, 11) is 0. The number of nitrogens with one attached hydrogen (secondary N) is 8. The number of hydrogen-bond acceptors (Lipinski definition) is 16. The Bertz CT molecular complexity index is 2340. The van der Waals surface area contributed by atoms with Gasteiger partial charge in [0, 0.05) is 25.7 Å². The van der Waals surface area contributed by atoms with Crippen molar-refractivity contribution in [2.75, 3.05) is 13.2 Å². The molecule has 10 atom stereocenters. The highest BCUT2D eigenvalue weighted by Gasteiger charge is 2.36. The van der Waals surface area contributed by atoms with E-state index < -0.39 is 177 Å². The summed E-state index contributed by atoms with van der Waals surface area (Å²) in [6, 6.07) is 0.990. The minimum atomic E-state index is -1.95. The summed E-state index contributed by atoms with van der Waals surface area (Å²) in [5.74, 6) is -14.8. The van der Waals surface area contributed by atoms with Crippen molar-refractivity contribution in [3.8, 4) is 0 Å². The van der Waals surface area contributed by atoms with E-state index in [0.717, 1.165) is 6.92 Å². The van der Waals surface area contributed by atoms with Crippen LogP contribution in [0.25, 0.3) is 0 Å². The van der Waals surface area contributed by atoms with E-state index in [-0.39, 0.29) is 25.2 Å². The molecule has 0 unspecified atom stereocenters. The Labute approximate surface area is 435 Å². The average Bonchev–Trinajstić information content (AvgIpc) is 3.35. The predicted molar refractivity (Wildman–Crippen MR) is 264 cm³/mol. The first-order valence-corrected chi connectivity index (χ1v) is 23.9. The summed E-state index contributed by atoms with van der Waals surface area (Å²) in [5.41, 5.74) is 11.7. The van der Waals surface area contributed by atoms with Gasteiger partial charge >= 0.3 is 17.9 Å². The third kappa shape index (κ3) is 23.0. The second-order valence-electron chi connectivity index (χ2n) is 18.0. The van der Waals surface area contributed by atoms with Crippen molar-refractivity contribution in [2.45, 2.75) is 133 Å². The van der Waals surface area contributed by atoms with Crippen LogP contribution in [0.3, 0.4) is 0 Å². The van der Waals surface area contributed by atoms with Gasteiger partial charge in [0.15, 0.2) is 0 Å². The van der Waals surface area contributed by atoms with E-state index in [1.165, 1.54) is 0 Å². The molecule has 2 aromatic rings. The summed E-state index contributed by atoms with van der Waals surface area (Å²) < 4.78 is 0. The number of benzene rings is 2. The lowest BCUT2D eigenvalue weighted by molar-refractivity contribution is -0.147. The Kier molecular flexibility index (Phi) is 27.2. The van der Waals surface area contributed by atoms with Crippen molar-refractivity contribution in [3.05, 3.63) is 71.8 Å². The Morgan fingerprint density at radius 3 is 1.28 bits per heavy atom. The van der Waals surface area contributed by atoms with Crippen LogP contribution in [0, 0.1) is 5.92 Å². The number of carboxylic acid groups (broad SMARTS) is 3. The molecule has 18 N–H and O–H groups in total. The van der Waals surface area contributed by atoms with Crippen molar-refractivity contribution < 1.29 is 88.2 Å². The van der Waals surface area contributed by atoms with Crippen molar-refractivity contribution in [2.24, 2.45) is 17.4 Å². The van der Waals surface area contributed by atoms with E-state index in [9.17, 15) is 83.1 Å². The highest BCUT2D eigenvalue weighted by atomic mass is 16.4. The van der Waals surface area contributed by atoms with Crippen LogP contribution in [-0.4, -0.2) is 175 Å². The Morgan fingerprint density at radius 2 is 0.868 bits per heavy atom. The zero-order valence-electron chi connectivity index (χ0n) is 41.9. The van der Waals surface area contributed by atoms with Crippen molar-refractivity contribution in [1.82, 2.24) is 42.5 Å². The lowest BCUT2D eigenvalue weighted by Crippen LogP contribution is -2.62. The van der Waals surface area contributed by atoms with Crippen LogP contribution >= 0.6 is 0 Å². The van der Waals surface area contributed by atoms with Gasteiger partial charge in [-0.3, -0.25) is 52.7 Å². The number of nitrogens with two attached hydrogens (primary N) is 2. The van der Waals surface area contributed by atoms with Crippen LogP contribution < -0.4 is 54.0 Å². The molecule has 28 heteroatoms. The number of aliphatic carboxylic acids is 3. The molecule has 0 heterocycles. The number of carboxylic acids is 3. The van der Waals surface area contributed by atoms with Crippen molar-refractivity contribution in [3.63, 3.8) is 0 Å². The quantitative estimate of drug-likeness (QED) is 0.0311. The molecule has 0 bridgehead atoms. The van der Waals surface area contributed by atoms with Gasteiger partial charge in [-0.15, -0.1) is 0 Å². The molecular weight excluding hydrogens is 1000 g/mol. The zero-order valence-corrected chi connectivity index (χ0v) is 41.9. The molecule has 2 aromatic carbocycles. The van der Waals surface area contributed by atoms with Gasteiger partial charge in [-0.2, -0.15) is 0 Å². The van der Waals surface area contributed by atoms with E-state index >= 15 is 0 Å². The molecule has 0 aromatic heterocycles. The number of hydrogen-bond donors (Lipinski definition) is 16. The molecule has 0 saturated heterocycles. The second kappa shape index (κ2) is 32.3. The largest absolute Gasteiger partial charge is 0.481 e. The molecule has 0 aliphatic carbocycles. The Hall–Kier alpha value is -8.08. The first-order valence-electron chi connectivity index (χ1n) is 23.9. The van der Waals surface area contributed by atoms with Crippen LogP contribution in [0.1, 0.15) is 70.4 Å². The lowest BCUT2D eigenvalue weighted by Gasteiger charge is -2.28. The fourth-order valence-electron chi connectivity index (χ4n) is 7.13. The molecule has 0 aliphatic rings. The highest BCUT2D eigenvalue weighted by molar-refractivity contribution is 5.98. The van der Waals surface area contributed by atoms with Gasteiger partial charge in [0.05, 0.1) is 25.7 Å². The molecule has 0 spiro atoms. The fraction of sp³-hybridized carbons (Fsp3) is 0.500. The number of carbonyl (C=O) groups is 12. The van der Waals surface area contributed by atoms with Gasteiger partial charge in [0.25, 0.3) is 0 Å². The number of primary amides is 1. The molecule has 9 amide bonds. The fourth-order valence-corrected chi connectivity index (χ4v) is 7.13. The van der Waals surface area contributed by atoms with Crippen molar-refractivity contribution in [1.29, 1.82) is 0 Å². The Balaban J connectivity index is 2.47. The number of aliphatic hydroxyl groups is 3. The normalized spacial score (nSPS) is 14.9. The minimum absolute atomic E-state index is 0.115. The number of amides is 9. The molecule has 0 saturated carbocycles. The van der Waals surface area contributed by atoms with Crippen LogP contribution in [0.2, 0.25) is 0 Å². The first kappa shape index (κ1) is 64.0. The van der Waals surface area contributed by atoms with E-state index in [1.54, 1.807) is 74.5 Å². The number of rotatable bonds is 34. The number of carbonyl (C=O) groups excluding carboxylic acids is 9. The molecular formula is C48H68N10O18. The Morgan fingerprint density at radius 1 is 0.474 bits per heavy atom. The molecule has 28 nitrogen and oxygen atoms in total. The molecule has 76 heavy (non-hydrogen) atoms. The van der Waals surface area contributed by atoms with Gasteiger partial charge in [0.1, 0.15) is 54.4 Å². The van der Waals surface area contributed by atoms with E-state index in [2.05, 4.69) is 37.2 Å². The molecule has 0 radical (unpaired) electrons. The highest BCUT2D eigenvalue weighted by Crippen LogP contribution is 2.12. The van der Waals surface area contributed by atoms with E-state index in [4.69, 9.17) is 16.6 Å². The van der Waals surface area contributed by atoms with Gasteiger partial charge < -0.3 is 84.6 Å². The predicted octanol–water partition coefficient (Wildman–Crippen LogP) is -5.22. The topological polar surface area (TPSA) is 474 Å². The number of aliphatic hydroxyl groups excluding tert-OH is 3. The van der Waals surface area contributed by atoms with E-state index in [0.29, 0.717) is 11.1 Å². The van der Waals surface area contributed by atoms with Crippen LogP contribution in [-0.2, 0) is 70.4 Å². The standard InChI is InChI=1S/C48H68N10O18/c1-24(2)18-31(53-45(72)33(20-27-12-8-5-9-13-27)54-41(68)30(15-17-37(63)64)52-47(74)39(25(3)61)58-40(67)28(49)22-59)43(70)57-35(23-60)46(73)55-32(19-26-10-6-4-7-11-26)44(71)51-29(14-16-36(50)62)42(69)56-34(48(75)76)21-38(65)66/h4-13,24-25,28-35,39,59-61H,14-23,49H2,1-3H3,(H2,50,62)(H,51,71)(H,52,74)(H,53,72)(H,54,68)(H,55,73)(H,56,69)(H,57,70)(H,58,67)(H,63,64)(H,65,66)(H,75,76)/t25-,28+,29+,30+,31+,32+,33+,34+,35+,39+/m1/s1. The second-order valence-corrected chi connectivity index (χ2v) is 18.0. The van der Waals surface area contributed by atoms with Crippen LogP contribution in [0.4, 0.5) is 0 Å². The van der Waals surface area contributed by atoms with Crippen molar-refractivity contribution >= 4 is 71.1 Å². The molecule has 2 rings (SSSR count). The maximum absolute atomic E-state index is 14.3. The molecule has 418 valence electrons. The zero-order chi connectivity index (χ0) is 57.2. The van der Waals surface area contributed by atoms with E-state index in [1.807, 2.05) is 5.32 Å². The summed E-state index contributed by atoms with van der Waals surface area (Å²) in [6.45, 7) is 2.57. The summed E-state index contributed by atoms with van der Waals surface area (Å²) in [6.07, 6.45) is -5.57. The maximum Gasteiger partial charge on any atom is 0.326 e.